The third kappa shape index (κ3) is 4.71. The molecule has 3 N–H and O–H groups in total. The van der Waals surface area contributed by atoms with Gasteiger partial charge in [-0.3, -0.25) is 0 Å². The van der Waals surface area contributed by atoms with Gasteiger partial charge in [-0.25, -0.2) is 4.72 Å². The predicted octanol–water partition coefficient (Wildman–Crippen LogP) is 4.07. The Balaban J connectivity index is 1.75. The SMILES string of the molecule is OC(NSC(O)C(c1ccccc1)c1ccccc1)c1ccccc1. The average Bonchev–Trinajstić information content (AvgIpc) is 2.69. The second-order valence-electron chi connectivity index (χ2n) is 5.74. The molecule has 128 valence electrons. The summed E-state index contributed by atoms with van der Waals surface area (Å²) >= 11 is 1.13. The zero-order valence-corrected chi connectivity index (χ0v) is 14.5. The smallest absolute Gasteiger partial charge is 0.139 e. The zero-order valence-electron chi connectivity index (χ0n) is 13.7. The number of hydrogen-bond donors (Lipinski definition) is 3. The van der Waals surface area contributed by atoms with Crippen molar-refractivity contribution in [3.63, 3.8) is 0 Å². The fourth-order valence-corrected chi connectivity index (χ4v) is 3.60. The summed E-state index contributed by atoms with van der Waals surface area (Å²) in [5, 5.41) is 21.1. The Morgan fingerprint density at radius 2 is 1.00 bits per heavy atom. The van der Waals surface area contributed by atoms with Gasteiger partial charge >= 0.3 is 0 Å². The summed E-state index contributed by atoms with van der Waals surface area (Å²) in [4.78, 5) is 0. The van der Waals surface area contributed by atoms with E-state index < -0.39 is 11.7 Å². The molecule has 0 amide bonds. The molecule has 25 heavy (non-hydrogen) atoms. The molecule has 0 radical (unpaired) electrons. The highest BCUT2D eigenvalue weighted by Crippen LogP contribution is 2.33. The van der Waals surface area contributed by atoms with Crippen LogP contribution in [0.2, 0.25) is 0 Å². The van der Waals surface area contributed by atoms with Gasteiger partial charge < -0.3 is 10.2 Å². The number of benzene rings is 3. The lowest BCUT2D eigenvalue weighted by Crippen LogP contribution is -2.23. The minimum absolute atomic E-state index is 0.192. The van der Waals surface area contributed by atoms with E-state index in [4.69, 9.17) is 0 Å². The van der Waals surface area contributed by atoms with Crippen molar-refractivity contribution in [1.82, 2.24) is 4.72 Å². The van der Waals surface area contributed by atoms with Gasteiger partial charge in [0, 0.05) is 5.92 Å². The molecule has 0 aliphatic rings. The van der Waals surface area contributed by atoms with E-state index in [0.29, 0.717) is 0 Å². The molecule has 3 aromatic carbocycles. The standard InChI is InChI=1S/C21H21NO2S/c23-20(18-14-8-3-9-15-18)22-25-21(24)19(16-10-4-1-5-11-16)17-12-6-2-7-13-17/h1-15,19-24H. The Kier molecular flexibility index (Phi) is 6.25. The van der Waals surface area contributed by atoms with E-state index >= 15 is 0 Å². The third-order valence-electron chi connectivity index (χ3n) is 4.02. The van der Waals surface area contributed by atoms with E-state index in [1.165, 1.54) is 0 Å². The highest BCUT2D eigenvalue weighted by atomic mass is 32.2. The molecular weight excluding hydrogens is 330 g/mol. The molecule has 0 saturated carbocycles. The van der Waals surface area contributed by atoms with E-state index in [-0.39, 0.29) is 5.92 Å². The van der Waals surface area contributed by atoms with E-state index in [9.17, 15) is 10.2 Å². The molecule has 2 unspecified atom stereocenters. The summed E-state index contributed by atoms with van der Waals surface area (Å²) in [5.74, 6) is -0.192. The Hall–Kier alpha value is -2.11. The fourth-order valence-electron chi connectivity index (χ4n) is 2.75. The lowest BCUT2D eigenvalue weighted by molar-refractivity contribution is 0.166. The Bertz CT molecular complexity index is 713. The minimum Gasteiger partial charge on any atom is -0.380 e. The molecule has 0 aliphatic carbocycles. The molecule has 2 atom stereocenters. The van der Waals surface area contributed by atoms with Crippen LogP contribution < -0.4 is 4.72 Å². The van der Waals surface area contributed by atoms with Crippen LogP contribution in [0, 0.1) is 0 Å². The van der Waals surface area contributed by atoms with Crippen LogP contribution in [0.3, 0.4) is 0 Å². The van der Waals surface area contributed by atoms with E-state index in [2.05, 4.69) is 4.72 Å². The molecule has 3 aromatic rings. The summed E-state index contributed by atoms with van der Waals surface area (Å²) in [6.07, 6.45) is -0.840. The van der Waals surface area contributed by atoms with E-state index in [0.717, 1.165) is 28.6 Å². The van der Waals surface area contributed by atoms with Gasteiger partial charge in [0.25, 0.3) is 0 Å². The Labute approximate surface area is 152 Å². The van der Waals surface area contributed by atoms with Gasteiger partial charge in [-0.1, -0.05) is 91.0 Å². The zero-order chi connectivity index (χ0) is 17.5. The van der Waals surface area contributed by atoms with Gasteiger partial charge in [0.05, 0.1) is 0 Å². The average molecular weight is 351 g/mol. The number of aliphatic hydroxyl groups is 2. The predicted molar refractivity (Wildman–Crippen MR) is 103 cm³/mol. The highest BCUT2D eigenvalue weighted by Gasteiger charge is 2.24. The maximum atomic E-state index is 10.8. The van der Waals surface area contributed by atoms with E-state index in [1.54, 1.807) is 0 Å². The largest absolute Gasteiger partial charge is 0.380 e. The summed E-state index contributed by atoms with van der Waals surface area (Å²) in [7, 11) is 0. The van der Waals surface area contributed by atoms with Crippen molar-refractivity contribution in [1.29, 1.82) is 0 Å². The topological polar surface area (TPSA) is 52.5 Å². The number of aliphatic hydroxyl groups excluding tert-OH is 2. The summed E-state index contributed by atoms with van der Waals surface area (Å²) in [6, 6.07) is 29.2. The first-order chi connectivity index (χ1) is 12.3. The Morgan fingerprint density at radius 3 is 1.44 bits per heavy atom. The Morgan fingerprint density at radius 1 is 0.600 bits per heavy atom. The monoisotopic (exact) mass is 351 g/mol. The van der Waals surface area contributed by atoms with Crippen molar-refractivity contribution in [2.24, 2.45) is 0 Å². The number of nitrogens with one attached hydrogen (secondary N) is 1. The second-order valence-corrected chi connectivity index (χ2v) is 6.69. The molecule has 0 aromatic heterocycles. The molecule has 0 saturated heterocycles. The molecular formula is C21H21NO2S. The fraction of sp³-hybridized carbons (Fsp3) is 0.143. The quantitative estimate of drug-likeness (QED) is 0.444. The van der Waals surface area contributed by atoms with Gasteiger partial charge in [0.1, 0.15) is 11.7 Å². The molecule has 0 spiro atoms. The number of rotatable bonds is 7. The summed E-state index contributed by atoms with van der Waals surface area (Å²) in [6.45, 7) is 0. The van der Waals surface area contributed by atoms with Crippen LogP contribution in [-0.4, -0.2) is 15.6 Å². The van der Waals surface area contributed by atoms with Crippen LogP contribution >= 0.6 is 11.9 Å². The lowest BCUT2D eigenvalue weighted by atomic mass is 9.92. The van der Waals surface area contributed by atoms with E-state index in [1.807, 2.05) is 91.0 Å². The van der Waals surface area contributed by atoms with Crippen LogP contribution in [0.5, 0.6) is 0 Å². The van der Waals surface area contributed by atoms with Gasteiger partial charge in [-0.2, -0.15) is 0 Å². The molecule has 3 rings (SSSR count). The first-order valence-electron chi connectivity index (χ1n) is 8.18. The highest BCUT2D eigenvalue weighted by molar-refractivity contribution is 7.97. The van der Waals surface area contributed by atoms with Gasteiger partial charge in [0.15, 0.2) is 0 Å². The summed E-state index contributed by atoms with van der Waals surface area (Å²) in [5.41, 5.74) is 2.08. The molecule has 0 bridgehead atoms. The van der Waals surface area contributed by atoms with Crippen molar-refractivity contribution < 1.29 is 10.2 Å². The van der Waals surface area contributed by atoms with Gasteiger partial charge in [-0.05, 0) is 28.6 Å². The van der Waals surface area contributed by atoms with Crippen LogP contribution in [-0.2, 0) is 0 Å². The normalized spacial score (nSPS) is 13.6. The molecule has 3 nitrogen and oxygen atoms in total. The maximum Gasteiger partial charge on any atom is 0.139 e. The molecule has 0 heterocycles. The first-order valence-corrected chi connectivity index (χ1v) is 9.06. The lowest BCUT2D eigenvalue weighted by Gasteiger charge is -2.25. The molecule has 4 heteroatoms. The third-order valence-corrected chi connectivity index (χ3v) is 4.89. The van der Waals surface area contributed by atoms with Gasteiger partial charge in [-0.15, -0.1) is 0 Å². The summed E-state index contributed by atoms with van der Waals surface area (Å²) < 4.78 is 2.94. The van der Waals surface area contributed by atoms with Crippen molar-refractivity contribution in [3.05, 3.63) is 108 Å². The molecule has 0 fully saturated rings. The number of hydrogen-bond acceptors (Lipinski definition) is 4. The minimum atomic E-state index is -0.840. The van der Waals surface area contributed by atoms with Crippen molar-refractivity contribution in [2.75, 3.05) is 0 Å². The first kappa shape index (κ1) is 17.7. The molecule has 0 aliphatic heterocycles. The van der Waals surface area contributed by atoms with Crippen LogP contribution in [0.1, 0.15) is 28.8 Å². The van der Waals surface area contributed by atoms with Crippen molar-refractivity contribution in [2.45, 2.75) is 17.6 Å². The van der Waals surface area contributed by atoms with Crippen LogP contribution in [0.25, 0.3) is 0 Å². The van der Waals surface area contributed by atoms with Crippen molar-refractivity contribution >= 4 is 11.9 Å². The van der Waals surface area contributed by atoms with Crippen LogP contribution in [0.4, 0.5) is 0 Å². The maximum absolute atomic E-state index is 10.8. The van der Waals surface area contributed by atoms with Crippen molar-refractivity contribution in [3.8, 4) is 0 Å². The van der Waals surface area contributed by atoms with Crippen LogP contribution in [0.15, 0.2) is 91.0 Å². The van der Waals surface area contributed by atoms with Gasteiger partial charge in [0.2, 0.25) is 0 Å². The second kappa shape index (κ2) is 8.83.